The molecule has 34 heavy (non-hydrogen) atoms. The lowest BCUT2D eigenvalue weighted by molar-refractivity contribution is -0.534. The molecule has 1 fully saturated rings. The van der Waals surface area contributed by atoms with E-state index in [0.29, 0.717) is 28.1 Å². The largest absolute Gasteiger partial charge is 0.488 e. The van der Waals surface area contributed by atoms with Crippen LogP contribution in [0.25, 0.3) is 0 Å². The predicted octanol–water partition coefficient (Wildman–Crippen LogP) is 4.69. The van der Waals surface area contributed by atoms with E-state index >= 15 is 0 Å². The molecule has 0 bridgehead atoms. The molecule has 1 saturated heterocycles. The quantitative estimate of drug-likeness (QED) is 0.385. The van der Waals surface area contributed by atoms with E-state index in [1.807, 2.05) is 0 Å². The van der Waals surface area contributed by atoms with Gasteiger partial charge in [-0.15, -0.1) is 0 Å². The average Bonchev–Trinajstić information content (AvgIpc) is 3.29. The number of carbonyl (C=O) groups is 1. The lowest BCUT2D eigenvalue weighted by Crippen LogP contribution is -2.54. The molecule has 1 amide bonds. The van der Waals surface area contributed by atoms with E-state index in [-0.39, 0.29) is 23.9 Å². The molecule has 174 valence electrons. The number of fused-ring (bicyclic) bond motifs is 2. The maximum atomic E-state index is 14.1. The van der Waals surface area contributed by atoms with E-state index < -0.39 is 23.4 Å². The zero-order chi connectivity index (χ0) is 24.0. The molecule has 3 atom stereocenters. The normalized spacial score (nSPS) is 23.7. The van der Waals surface area contributed by atoms with Crippen molar-refractivity contribution in [2.24, 2.45) is 0 Å². The number of likely N-dealkylation sites (tertiary alicyclic amines) is 1. The molecule has 9 heteroatoms. The minimum atomic E-state index is -1.45. The topological polar surface area (TPSA) is 84.7 Å². The van der Waals surface area contributed by atoms with Crippen molar-refractivity contribution in [2.75, 3.05) is 18.9 Å². The Hall–Kier alpha value is -3.30. The highest BCUT2D eigenvalue weighted by molar-refractivity contribution is 9.10. The second-order valence-corrected chi connectivity index (χ2v) is 9.46. The van der Waals surface area contributed by atoms with Crippen LogP contribution < -0.4 is 10.1 Å². The highest BCUT2D eigenvalue weighted by atomic mass is 79.9. The molecule has 0 unspecified atom stereocenters. The van der Waals surface area contributed by atoms with E-state index in [1.54, 1.807) is 72.6 Å². The Morgan fingerprint density at radius 3 is 2.71 bits per heavy atom. The van der Waals surface area contributed by atoms with Crippen molar-refractivity contribution in [3.63, 3.8) is 0 Å². The standard InChI is InChI=1S/C25H21BrFN3O4/c1-29-13-18(23(30(32)33)25(29)19-7-3-5-9-21(19)28-24(25)31)17-12-16(26)10-11-22(17)34-14-15-6-2-4-8-20(15)27/h2-12,18,23H,13-14H2,1H3,(H,28,31)/t18-,23-,25+/m1/s1. The van der Waals surface area contributed by atoms with Crippen molar-refractivity contribution in [2.45, 2.75) is 24.1 Å². The summed E-state index contributed by atoms with van der Waals surface area (Å²) in [6.45, 7) is 0.237. The van der Waals surface area contributed by atoms with E-state index in [1.165, 1.54) is 6.07 Å². The number of nitrogens with zero attached hydrogens (tertiary/aromatic N) is 2. The summed E-state index contributed by atoms with van der Waals surface area (Å²) >= 11 is 3.46. The highest BCUT2D eigenvalue weighted by Crippen LogP contribution is 2.53. The average molecular weight is 526 g/mol. The predicted molar refractivity (Wildman–Crippen MR) is 128 cm³/mol. The Morgan fingerprint density at radius 2 is 1.94 bits per heavy atom. The van der Waals surface area contributed by atoms with Crippen LogP contribution >= 0.6 is 15.9 Å². The summed E-state index contributed by atoms with van der Waals surface area (Å²) in [5, 5.41) is 15.4. The van der Waals surface area contributed by atoms with Gasteiger partial charge in [-0.1, -0.05) is 52.3 Å². The van der Waals surface area contributed by atoms with Crippen LogP contribution in [-0.2, 0) is 16.9 Å². The second kappa shape index (κ2) is 8.48. The molecule has 7 nitrogen and oxygen atoms in total. The molecule has 0 aliphatic carbocycles. The van der Waals surface area contributed by atoms with Crippen LogP contribution in [-0.4, -0.2) is 35.4 Å². The van der Waals surface area contributed by atoms with Gasteiger partial charge >= 0.3 is 0 Å². The second-order valence-electron chi connectivity index (χ2n) is 8.55. The van der Waals surface area contributed by atoms with Crippen molar-refractivity contribution < 1.29 is 18.8 Å². The van der Waals surface area contributed by atoms with Gasteiger partial charge in [0.15, 0.2) is 5.54 Å². The summed E-state index contributed by atoms with van der Waals surface area (Å²) in [7, 11) is 1.73. The lowest BCUT2D eigenvalue weighted by atomic mass is 9.79. The van der Waals surface area contributed by atoms with Crippen LogP contribution in [0.5, 0.6) is 5.75 Å². The first kappa shape index (κ1) is 22.5. The van der Waals surface area contributed by atoms with Crippen molar-refractivity contribution in [3.05, 3.63) is 104 Å². The Kier molecular flexibility index (Phi) is 5.61. The maximum absolute atomic E-state index is 14.1. The maximum Gasteiger partial charge on any atom is 0.256 e. The number of hydrogen-bond donors (Lipinski definition) is 1. The minimum absolute atomic E-state index is 0.0263. The van der Waals surface area contributed by atoms with Gasteiger partial charge in [0.25, 0.3) is 11.9 Å². The van der Waals surface area contributed by atoms with Gasteiger partial charge in [-0.05, 0) is 37.4 Å². The molecule has 1 N–H and O–H groups in total. The molecule has 0 radical (unpaired) electrons. The Bertz CT molecular complexity index is 1300. The molecule has 5 rings (SSSR count). The first-order chi connectivity index (χ1) is 16.3. The number of anilines is 1. The SMILES string of the molecule is CN1C[C@H](c2cc(Br)ccc2OCc2ccccc2F)[C@@H]([N+](=O)[O-])[C@@]12C(=O)Nc1ccccc12. The number of para-hydroxylation sites is 1. The fraction of sp³-hybridized carbons (Fsp3) is 0.240. The third kappa shape index (κ3) is 3.38. The summed E-state index contributed by atoms with van der Waals surface area (Å²) in [6.07, 6.45) is 0. The molecule has 1 spiro atoms. The number of likely N-dealkylation sites (N-methyl/N-ethyl adjacent to an activating group) is 1. The zero-order valence-electron chi connectivity index (χ0n) is 18.2. The zero-order valence-corrected chi connectivity index (χ0v) is 19.8. The van der Waals surface area contributed by atoms with Gasteiger partial charge in [-0.3, -0.25) is 19.8 Å². The minimum Gasteiger partial charge on any atom is -0.488 e. The number of nitrogens with one attached hydrogen (secondary N) is 1. The Labute approximate surface area is 203 Å². The molecule has 0 saturated carbocycles. The summed E-state index contributed by atoms with van der Waals surface area (Å²) in [5.41, 5.74) is 0.697. The summed E-state index contributed by atoms with van der Waals surface area (Å²) < 4.78 is 20.8. The van der Waals surface area contributed by atoms with Gasteiger partial charge in [-0.2, -0.15) is 0 Å². The molecule has 3 aromatic rings. The Morgan fingerprint density at radius 1 is 1.21 bits per heavy atom. The molecule has 0 aromatic heterocycles. The fourth-order valence-corrected chi connectivity index (χ4v) is 5.65. The molecule has 2 aliphatic rings. The monoisotopic (exact) mass is 525 g/mol. The van der Waals surface area contributed by atoms with E-state index in [0.717, 1.165) is 4.47 Å². The van der Waals surface area contributed by atoms with Crippen molar-refractivity contribution in [3.8, 4) is 5.75 Å². The van der Waals surface area contributed by atoms with Gasteiger partial charge in [0, 0.05) is 38.3 Å². The van der Waals surface area contributed by atoms with Crippen LogP contribution in [0.4, 0.5) is 10.1 Å². The van der Waals surface area contributed by atoms with Gasteiger partial charge in [0.1, 0.15) is 18.2 Å². The molecular weight excluding hydrogens is 505 g/mol. The number of benzene rings is 3. The van der Waals surface area contributed by atoms with Crippen LogP contribution in [0, 0.1) is 15.9 Å². The van der Waals surface area contributed by atoms with Gasteiger partial charge < -0.3 is 10.1 Å². The molecule has 3 aromatic carbocycles. The third-order valence-electron chi connectivity index (χ3n) is 6.75. The van der Waals surface area contributed by atoms with Crippen LogP contribution in [0.1, 0.15) is 22.6 Å². The van der Waals surface area contributed by atoms with Crippen LogP contribution in [0.3, 0.4) is 0 Å². The summed E-state index contributed by atoms with van der Waals surface area (Å²) in [4.78, 5) is 27.3. The first-order valence-corrected chi connectivity index (χ1v) is 11.5. The smallest absolute Gasteiger partial charge is 0.256 e. The third-order valence-corrected chi connectivity index (χ3v) is 7.25. The van der Waals surface area contributed by atoms with E-state index in [4.69, 9.17) is 4.74 Å². The highest BCUT2D eigenvalue weighted by Gasteiger charge is 2.68. The van der Waals surface area contributed by atoms with Gasteiger partial charge in [-0.25, -0.2) is 4.39 Å². The van der Waals surface area contributed by atoms with Crippen molar-refractivity contribution >= 4 is 27.5 Å². The summed E-state index contributed by atoms with van der Waals surface area (Å²) in [5.74, 6) is -1.03. The van der Waals surface area contributed by atoms with E-state index in [2.05, 4.69) is 21.2 Å². The fourth-order valence-electron chi connectivity index (χ4n) is 5.27. The number of halogens is 2. The van der Waals surface area contributed by atoms with E-state index in [9.17, 15) is 19.3 Å². The number of ether oxygens (including phenoxy) is 1. The summed E-state index contributed by atoms with van der Waals surface area (Å²) in [6, 6.07) is 17.4. The molecular formula is C25H21BrFN3O4. The number of nitro groups is 1. The Balaban J connectivity index is 1.58. The molecule has 2 aliphatic heterocycles. The number of hydrogen-bond acceptors (Lipinski definition) is 5. The number of amides is 1. The van der Waals surface area contributed by atoms with Crippen molar-refractivity contribution in [1.29, 1.82) is 0 Å². The molecule has 2 heterocycles. The van der Waals surface area contributed by atoms with Gasteiger partial charge in [0.2, 0.25) is 0 Å². The van der Waals surface area contributed by atoms with Gasteiger partial charge in [0.05, 0.1) is 5.92 Å². The van der Waals surface area contributed by atoms with Crippen molar-refractivity contribution in [1.82, 2.24) is 4.90 Å². The first-order valence-electron chi connectivity index (χ1n) is 10.8. The van der Waals surface area contributed by atoms with Crippen LogP contribution in [0.2, 0.25) is 0 Å². The number of rotatable bonds is 5. The van der Waals surface area contributed by atoms with Crippen LogP contribution in [0.15, 0.2) is 71.2 Å². The number of carbonyl (C=O) groups excluding carboxylic acids is 1. The lowest BCUT2D eigenvalue weighted by Gasteiger charge is -2.30.